The van der Waals surface area contributed by atoms with Crippen molar-refractivity contribution in [2.45, 2.75) is 49.3 Å². The zero-order valence-electron chi connectivity index (χ0n) is 12.2. The molecule has 0 radical (unpaired) electrons. The van der Waals surface area contributed by atoms with Crippen molar-refractivity contribution in [3.8, 4) is 0 Å². The number of piperidine rings is 1. The maximum atomic E-state index is 12.1. The van der Waals surface area contributed by atoms with Crippen molar-refractivity contribution in [1.29, 1.82) is 0 Å². The molecule has 1 aliphatic heterocycles. The molecular formula is C14H22N2O3S2. The molecule has 0 unspecified atom stereocenters. The molecule has 1 amide bonds. The summed E-state index contributed by atoms with van der Waals surface area (Å²) in [6.45, 7) is 3.35. The zero-order chi connectivity index (χ0) is 15.3. The summed E-state index contributed by atoms with van der Waals surface area (Å²) in [6.07, 6.45) is 3.90. The van der Waals surface area contributed by atoms with Crippen LogP contribution in [0.15, 0.2) is 21.7 Å². The first-order valence-corrected chi connectivity index (χ1v) is 9.73. The predicted molar refractivity (Wildman–Crippen MR) is 83.8 cm³/mol. The van der Waals surface area contributed by atoms with Crippen molar-refractivity contribution >= 4 is 27.3 Å². The van der Waals surface area contributed by atoms with Gasteiger partial charge in [0, 0.05) is 25.6 Å². The maximum Gasteiger partial charge on any atom is 0.250 e. The summed E-state index contributed by atoms with van der Waals surface area (Å²) >= 11 is 1.22. The van der Waals surface area contributed by atoms with E-state index >= 15 is 0 Å². The number of thiophene rings is 1. The highest BCUT2D eigenvalue weighted by molar-refractivity contribution is 7.91. The lowest BCUT2D eigenvalue weighted by atomic mass is 10.1. The van der Waals surface area contributed by atoms with Crippen LogP contribution >= 0.6 is 11.3 Å². The second kappa shape index (κ2) is 7.38. The molecule has 21 heavy (non-hydrogen) atoms. The first-order chi connectivity index (χ1) is 10.0. The van der Waals surface area contributed by atoms with Crippen LogP contribution in [0.5, 0.6) is 0 Å². The van der Waals surface area contributed by atoms with E-state index in [1.165, 1.54) is 11.3 Å². The Balaban J connectivity index is 1.83. The molecule has 0 aromatic carbocycles. The van der Waals surface area contributed by atoms with Crippen LogP contribution in [0.4, 0.5) is 0 Å². The van der Waals surface area contributed by atoms with Crippen molar-refractivity contribution in [1.82, 2.24) is 9.62 Å². The summed E-state index contributed by atoms with van der Waals surface area (Å²) in [7, 11) is -3.40. The number of carbonyl (C=O) groups excluding carboxylic acids is 1. The lowest BCUT2D eigenvalue weighted by Crippen LogP contribution is -2.46. The smallest absolute Gasteiger partial charge is 0.250 e. The first-order valence-electron chi connectivity index (χ1n) is 7.36. The van der Waals surface area contributed by atoms with E-state index in [9.17, 15) is 13.2 Å². The molecule has 0 atom stereocenters. The Kier molecular flexibility index (Phi) is 5.78. The number of nitrogens with one attached hydrogen (secondary N) is 1. The van der Waals surface area contributed by atoms with Gasteiger partial charge in [0.2, 0.25) is 15.9 Å². The molecule has 1 saturated heterocycles. The summed E-state index contributed by atoms with van der Waals surface area (Å²) in [5, 5.41) is 1.75. The van der Waals surface area contributed by atoms with Crippen LogP contribution in [0.25, 0.3) is 0 Å². The lowest BCUT2D eigenvalue weighted by molar-refractivity contribution is -0.132. The highest BCUT2D eigenvalue weighted by Gasteiger charge is 2.26. The number of hydrogen-bond donors (Lipinski definition) is 1. The van der Waals surface area contributed by atoms with Gasteiger partial charge in [0.25, 0.3) is 0 Å². The third kappa shape index (κ3) is 4.52. The Bertz CT molecular complexity index is 547. The van der Waals surface area contributed by atoms with Crippen molar-refractivity contribution in [2.75, 3.05) is 13.1 Å². The molecule has 2 heterocycles. The largest absolute Gasteiger partial charge is 0.343 e. The number of hydrogen-bond acceptors (Lipinski definition) is 4. The lowest BCUT2D eigenvalue weighted by Gasteiger charge is -2.32. The van der Waals surface area contributed by atoms with Crippen LogP contribution in [-0.2, 0) is 14.8 Å². The third-order valence-electron chi connectivity index (χ3n) is 3.67. The predicted octanol–water partition coefficient (Wildman–Crippen LogP) is 2.21. The number of rotatable bonds is 6. The van der Waals surface area contributed by atoms with Crippen LogP contribution in [0.3, 0.4) is 0 Å². The van der Waals surface area contributed by atoms with Gasteiger partial charge in [0.05, 0.1) is 0 Å². The molecule has 0 aliphatic carbocycles. The number of unbranched alkanes of at least 4 members (excludes halogenated alkanes) is 1. The summed E-state index contributed by atoms with van der Waals surface area (Å²) in [5.74, 6) is 0.191. The van der Waals surface area contributed by atoms with Crippen LogP contribution in [0, 0.1) is 0 Å². The second-order valence-corrected chi connectivity index (χ2v) is 8.20. The van der Waals surface area contributed by atoms with Crippen LogP contribution in [0.1, 0.15) is 39.0 Å². The van der Waals surface area contributed by atoms with Crippen LogP contribution < -0.4 is 4.72 Å². The van der Waals surface area contributed by atoms with Gasteiger partial charge in [-0.2, -0.15) is 0 Å². The molecule has 1 aromatic heterocycles. The number of likely N-dealkylation sites (tertiary alicyclic amines) is 1. The summed E-state index contributed by atoms with van der Waals surface area (Å²) in [6, 6.07) is 3.26. The van der Waals surface area contributed by atoms with E-state index in [4.69, 9.17) is 0 Å². The Morgan fingerprint density at radius 2 is 2.14 bits per heavy atom. The number of nitrogens with zero attached hydrogens (tertiary/aromatic N) is 1. The normalized spacial score (nSPS) is 17.1. The fourth-order valence-electron chi connectivity index (χ4n) is 2.43. The van der Waals surface area contributed by atoms with Crippen LogP contribution in [0.2, 0.25) is 0 Å². The van der Waals surface area contributed by atoms with E-state index < -0.39 is 10.0 Å². The molecule has 1 fully saturated rings. The van der Waals surface area contributed by atoms with Gasteiger partial charge in [-0.05, 0) is 30.7 Å². The Morgan fingerprint density at radius 1 is 1.43 bits per heavy atom. The van der Waals surface area contributed by atoms with Crippen LogP contribution in [-0.4, -0.2) is 38.4 Å². The standard InChI is InChI=1S/C14H22N2O3S2/c1-2-3-5-13(17)16-9-7-12(8-10-16)15-21(18,19)14-6-4-11-20-14/h4,6,11-12,15H,2-3,5,7-10H2,1H3. The molecule has 118 valence electrons. The monoisotopic (exact) mass is 330 g/mol. The molecule has 7 heteroatoms. The molecule has 0 saturated carbocycles. The number of sulfonamides is 1. The van der Waals surface area contributed by atoms with Gasteiger partial charge in [-0.3, -0.25) is 4.79 Å². The first kappa shape index (κ1) is 16.5. The summed E-state index contributed by atoms with van der Waals surface area (Å²) < 4.78 is 27.4. The van der Waals surface area contributed by atoms with E-state index in [0.717, 1.165) is 12.8 Å². The molecular weight excluding hydrogens is 308 g/mol. The van der Waals surface area contributed by atoms with E-state index in [1.54, 1.807) is 17.5 Å². The minimum atomic E-state index is -3.40. The minimum absolute atomic E-state index is 0.0766. The molecule has 1 aliphatic rings. The van der Waals surface area contributed by atoms with E-state index in [0.29, 0.717) is 36.6 Å². The Morgan fingerprint density at radius 3 is 2.71 bits per heavy atom. The average molecular weight is 330 g/mol. The van der Waals surface area contributed by atoms with E-state index in [2.05, 4.69) is 11.6 Å². The van der Waals surface area contributed by atoms with Crippen molar-refractivity contribution in [3.05, 3.63) is 17.5 Å². The summed E-state index contributed by atoms with van der Waals surface area (Å²) in [4.78, 5) is 13.8. The summed E-state index contributed by atoms with van der Waals surface area (Å²) in [5.41, 5.74) is 0. The molecule has 2 rings (SSSR count). The zero-order valence-corrected chi connectivity index (χ0v) is 13.9. The third-order valence-corrected chi connectivity index (χ3v) is 6.59. The van der Waals surface area contributed by atoms with Gasteiger partial charge in [-0.15, -0.1) is 11.3 Å². The van der Waals surface area contributed by atoms with Gasteiger partial charge >= 0.3 is 0 Å². The van der Waals surface area contributed by atoms with Gasteiger partial charge in [0.15, 0.2) is 0 Å². The van der Waals surface area contributed by atoms with Crippen molar-refractivity contribution in [2.24, 2.45) is 0 Å². The molecule has 0 spiro atoms. The average Bonchev–Trinajstić information content (AvgIpc) is 3.00. The fourth-order valence-corrected chi connectivity index (χ4v) is 4.74. The minimum Gasteiger partial charge on any atom is -0.343 e. The van der Waals surface area contributed by atoms with Crippen molar-refractivity contribution < 1.29 is 13.2 Å². The number of carbonyl (C=O) groups is 1. The second-order valence-electron chi connectivity index (χ2n) is 5.31. The van der Waals surface area contributed by atoms with E-state index in [-0.39, 0.29) is 11.9 Å². The van der Waals surface area contributed by atoms with Gasteiger partial charge in [-0.1, -0.05) is 19.4 Å². The van der Waals surface area contributed by atoms with Gasteiger partial charge < -0.3 is 4.90 Å². The Hall–Kier alpha value is -0.920. The molecule has 0 bridgehead atoms. The SMILES string of the molecule is CCCCC(=O)N1CCC(NS(=O)(=O)c2cccs2)CC1. The van der Waals surface area contributed by atoms with Gasteiger partial charge in [-0.25, -0.2) is 13.1 Å². The van der Waals surface area contributed by atoms with Gasteiger partial charge in [0.1, 0.15) is 4.21 Å². The highest BCUT2D eigenvalue weighted by Crippen LogP contribution is 2.19. The molecule has 5 nitrogen and oxygen atoms in total. The molecule has 1 aromatic rings. The van der Waals surface area contributed by atoms with Crippen molar-refractivity contribution in [3.63, 3.8) is 0 Å². The number of amides is 1. The van der Waals surface area contributed by atoms with E-state index in [1.807, 2.05) is 4.90 Å². The molecule has 1 N–H and O–H groups in total. The maximum absolute atomic E-state index is 12.1. The topological polar surface area (TPSA) is 66.5 Å². The highest BCUT2D eigenvalue weighted by atomic mass is 32.2. The quantitative estimate of drug-likeness (QED) is 0.869. The Labute approximate surface area is 130 Å². The fraction of sp³-hybridized carbons (Fsp3) is 0.643.